The summed E-state index contributed by atoms with van der Waals surface area (Å²) in [5.74, 6) is 0.655. The highest BCUT2D eigenvalue weighted by molar-refractivity contribution is 5.95. The van der Waals surface area contributed by atoms with E-state index in [1.54, 1.807) is 17.0 Å². The molecular formula is C21H23N3O5. The lowest BCUT2D eigenvalue weighted by Crippen LogP contribution is -2.32. The van der Waals surface area contributed by atoms with Crippen LogP contribution in [0.15, 0.2) is 48.5 Å². The van der Waals surface area contributed by atoms with Crippen molar-refractivity contribution in [2.75, 3.05) is 24.6 Å². The minimum absolute atomic E-state index is 0.00648. The maximum absolute atomic E-state index is 12.3. The van der Waals surface area contributed by atoms with E-state index in [1.165, 1.54) is 12.1 Å². The van der Waals surface area contributed by atoms with Crippen molar-refractivity contribution in [3.63, 3.8) is 0 Å². The fourth-order valence-corrected chi connectivity index (χ4v) is 3.30. The molecule has 3 rings (SSSR count). The number of carbonyl (C=O) groups excluding carboxylic acids is 2. The van der Waals surface area contributed by atoms with Gasteiger partial charge in [-0.25, -0.2) is 0 Å². The van der Waals surface area contributed by atoms with Crippen LogP contribution in [-0.4, -0.2) is 36.4 Å². The molecule has 1 aliphatic rings. The van der Waals surface area contributed by atoms with Gasteiger partial charge in [-0.15, -0.1) is 0 Å². The minimum atomic E-state index is -0.475. The van der Waals surface area contributed by atoms with Gasteiger partial charge in [0.25, 0.3) is 5.69 Å². The molecule has 152 valence electrons. The van der Waals surface area contributed by atoms with Gasteiger partial charge in [0.1, 0.15) is 5.75 Å². The van der Waals surface area contributed by atoms with Crippen LogP contribution in [0, 0.1) is 16.0 Å². The highest BCUT2D eigenvalue weighted by Crippen LogP contribution is 2.26. The summed E-state index contributed by atoms with van der Waals surface area (Å²) in [5.41, 5.74) is 1.51. The summed E-state index contributed by atoms with van der Waals surface area (Å²) in [7, 11) is 0. The van der Waals surface area contributed by atoms with Crippen LogP contribution >= 0.6 is 0 Å². The highest BCUT2D eigenvalue weighted by atomic mass is 16.6. The first kappa shape index (κ1) is 20.3. The third kappa shape index (κ3) is 5.31. The van der Waals surface area contributed by atoms with Crippen molar-refractivity contribution < 1.29 is 19.2 Å². The molecule has 2 aromatic rings. The number of hydrogen-bond donors (Lipinski definition) is 1. The largest absolute Gasteiger partial charge is 0.494 e. The smallest absolute Gasteiger partial charge is 0.269 e. The molecule has 1 aliphatic heterocycles. The predicted molar refractivity (Wildman–Crippen MR) is 108 cm³/mol. The number of rotatable bonds is 8. The van der Waals surface area contributed by atoms with Crippen molar-refractivity contribution in [3.8, 4) is 5.75 Å². The molecule has 1 saturated heterocycles. The van der Waals surface area contributed by atoms with Crippen molar-refractivity contribution in [2.24, 2.45) is 5.92 Å². The summed E-state index contributed by atoms with van der Waals surface area (Å²) in [5, 5.41) is 13.5. The fraction of sp³-hybridized carbons (Fsp3) is 0.333. The quantitative estimate of drug-likeness (QED) is 0.545. The van der Waals surface area contributed by atoms with Gasteiger partial charge in [0.2, 0.25) is 11.8 Å². The predicted octanol–water partition coefficient (Wildman–Crippen LogP) is 2.71. The molecule has 2 aromatic carbocycles. The molecule has 1 heterocycles. The second-order valence-electron chi connectivity index (χ2n) is 6.91. The number of nitrogens with one attached hydrogen (secondary N) is 1. The Hall–Kier alpha value is -3.42. The van der Waals surface area contributed by atoms with E-state index in [4.69, 9.17) is 4.74 Å². The van der Waals surface area contributed by atoms with E-state index in [0.29, 0.717) is 31.7 Å². The zero-order chi connectivity index (χ0) is 20.8. The van der Waals surface area contributed by atoms with E-state index >= 15 is 0 Å². The van der Waals surface area contributed by atoms with Crippen molar-refractivity contribution in [2.45, 2.75) is 19.8 Å². The van der Waals surface area contributed by atoms with Gasteiger partial charge in [0.05, 0.1) is 18.0 Å². The summed E-state index contributed by atoms with van der Waals surface area (Å²) in [6.07, 6.45) is 0.520. The lowest BCUT2D eigenvalue weighted by Gasteiger charge is -2.17. The van der Waals surface area contributed by atoms with E-state index in [9.17, 15) is 19.7 Å². The number of amides is 2. The van der Waals surface area contributed by atoms with Crippen molar-refractivity contribution in [3.05, 3.63) is 64.2 Å². The van der Waals surface area contributed by atoms with E-state index in [-0.39, 0.29) is 29.8 Å². The molecule has 8 heteroatoms. The van der Waals surface area contributed by atoms with Crippen molar-refractivity contribution >= 4 is 23.2 Å². The normalized spacial score (nSPS) is 16.0. The Bertz CT molecular complexity index is 880. The second kappa shape index (κ2) is 9.18. The minimum Gasteiger partial charge on any atom is -0.494 e. The molecule has 8 nitrogen and oxygen atoms in total. The Kier molecular flexibility index (Phi) is 6.43. The summed E-state index contributed by atoms with van der Waals surface area (Å²) < 4.78 is 5.42. The number of ether oxygens (including phenoxy) is 1. The molecule has 0 aromatic heterocycles. The fourth-order valence-electron chi connectivity index (χ4n) is 3.30. The lowest BCUT2D eigenvalue weighted by atomic mass is 10.1. The third-order valence-corrected chi connectivity index (χ3v) is 4.76. The monoisotopic (exact) mass is 397 g/mol. The van der Waals surface area contributed by atoms with Crippen LogP contribution in [0.4, 0.5) is 11.4 Å². The Morgan fingerprint density at radius 2 is 1.90 bits per heavy atom. The first-order chi connectivity index (χ1) is 14.0. The second-order valence-corrected chi connectivity index (χ2v) is 6.91. The van der Waals surface area contributed by atoms with Crippen LogP contribution in [0.5, 0.6) is 5.75 Å². The van der Waals surface area contributed by atoms with Gasteiger partial charge in [-0.2, -0.15) is 0 Å². The van der Waals surface area contributed by atoms with Crippen LogP contribution in [0.1, 0.15) is 18.9 Å². The molecule has 0 spiro atoms. The van der Waals surface area contributed by atoms with E-state index < -0.39 is 4.92 Å². The average Bonchev–Trinajstić information content (AvgIpc) is 3.08. The zero-order valence-corrected chi connectivity index (χ0v) is 16.2. The summed E-state index contributed by atoms with van der Waals surface area (Å²) in [4.78, 5) is 36.4. The Balaban J connectivity index is 1.49. The van der Waals surface area contributed by atoms with Crippen molar-refractivity contribution in [1.82, 2.24) is 5.32 Å². The number of benzene rings is 2. The van der Waals surface area contributed by atoms with E-state index in [1.807, 2.05) is 31.2 Å². The zero-order valence-electron chi connectivity index (χ0n) is 16.2. The number of nitrogens with zero attached hydrogens (tertiary/aromatic N) is 2. The van der Waals surface area contributed by atoms with Crippen LogP contribution in [-0.2, 0) is 16.0 Å². The molecule has 29 heavy (non-hydrogen) atoms. The number of nitro groups is 1. The van der Waals surface area contributed by atoms with Crippen molar-refractivity contribution in [1.29, 1.82) is 0 Å². The molecule has 2 amide bonds. The van der Waals surface area contributed by atoms with E-state index in [2.05, 4.69) is 5.32 Å². The first-order valence-electron chi connectivity index (χ1n) is 9.49. The summed E-state index contributed by atoms with van der Waals surface area (Å²) in [6, 6.07) is 13.3. The lowest BCUT2D eigenvalue weighted by molar-refractivity contribution is -0.384. The molecule has 1 N–H and O–H groups in total. The SMILES string of the molecule is CCOc1ccc(N2CC(CNC(=O)Cc3ccc([N+](=O)[O-])cc3)CC2=O)cc1. The Labute approximate surface area is 168 Å². The number of anilines is 1. The van der Waals surface area contributed by atoms with Crippen LogP contribution in [0.3, 0.4) is 0 Å². The van der Waals surface area contributed by atoms with Crippen LogP contribution in [0.25, 0.3) is 0 Å². The summed E-state index contributed by atoms with van der Waals surface area (Å²) in [6.45, 7) is 3.46. The van der Waals surface area contributed by atoms with Gasteiger partial charge in [-0.3, -0.25) is 19.7 Å². The molecule has 0 radical (unpaired) electrons. The average molecular weight is 397 g/mol. The number of non-ortho nitro benzene ring substituents is 1. The van der Waals surface area contributed by atoms with Gasteiger partial charge in [-0.1, -0.05) is 12.1 Å². The number of hydrogen-bond acceptors (Lipinski definition) is 5. The maximum Gasteiger partial charge on any atom is 0.269 e. The van der Waals surface area contributed by atoms with Gasteiger partial charge < -0.3 is 15.0 Å². The van der Waals surface area contributed by atoms with Gasteiger partial charge in [-0.05, 0) is 36.8 Å². The molecule has 0 aliphatic carbocycles. The van der Waals surface area contributed by atoms with E-state index in [0.717, 1.165) is 11.4 Å². The van der Waals surface area contributed by atoms with Gasteiger partial charge in [0.15, 0.2) is 0 Å². The van der Waals surface area contributed by atoms with Gasteiger partial charge in [0, 0.05) is 43.2 Å². The molecule has 1 unspecified atom stereocenters. The maximum atomic E-state index is 12.3. The molecule has 0 bridgehead atoms. The molecular weight excluding hydrogens is 374 g/mol. The highest BCUT2D eigenvalue weighted by Gasteiger charge is 2.30. The number of carbonyl (C=O) groups is 2. The van der Waals surface area contributed by atoms with Gasteiger partial charge >= 0.3 is 0 Å². The van der Waals surface area contributed by atoms with Crippen LogP contribution in [0.2, 0.25) is 0 Å². The Morgan fingerprint density at radius 1 is 1.21 bits per heavy atom. The topological polar surface area (TPSA) is 102 Å². The Morgan fingerprint density at radius 3 is 2.52 bits per heavy atom. The number of nitro benzene ring substituents is 1. The third-order valence-electron chi connectivity index (χ3n) is 4.76. The molecule has 0 saturated carbocycles. The standard InChI is InChI=1S/C21H23N3O5/c1-2-29-19-9-7-17(8-10-19)23-14-16(12-21(23)26)13-22-20(25)11-15-3-5-18(6-4-15)24(27)28/h3-10,16H,2,11-14H2,1H3,(H,22,25). The summed E-state index contributed by atoms with van der Waals surface area (Å²) >= 11 is 0. The molecule has 1 fully saturated rings. The first-order valence-corrected chi connectivity index (χ1v) is 9.49. The van der Waals surface area contributed by atoms with Crippen LogP contribution < -0.4 is 15.0 Å². The molecule has 1 atom stereocenters.